The first-order valence-electron chi connectivity index (χ1n) is 8.17. The van der Waals surface area contributed by atoms with Crippen molar-refractivity contribution in [3.8, 4) is 33.9 Å². The van der Waals surface area contributed by atoms with Crippen LogP contribution in [-0.2, 0) is 0 Å². The van der Waals surface area contributed by atoms with Gasteiger partial charge in [0, 0.05) is 22.2 Å². The van der Waals surface area contributed by atoms with Gasteiger partial charge in [0.05, 0.1) is 19.9 Å². The predicted octanol–water partition coefficient (Wildman–Crippen LogP) is 5.54. The van der Waals surface area contributed by atoms with Gasteiger partial charge in [0.2, 0.25) is 0 Å². The van der Waals surface area contributed by atoms with Gasteiger partial charge in [0.15, 0.2) is 0 Å². The number of pyridine rings is 1. The maximum atomic E-state index is 5.27. The van der Waals surface area contributed by atoms with E-state index in [9.17, 15) is 0 Å². The number of thioether (sulfide) groups is 1. The van der Waals surface area contributed by atoms with Gasteiger partial charge in [-0.2, -0.15) is 0 Å². The third-order valence-electron chi connectivity index (χ3n) is 3.94. The Balaban J connectivity index is 2.09. The molecule has 0 N–H and O–H groups in total. The highest BCUT2D eigenvalue weighted by molar-refractivity contribution is 7.99. The first-order valence-corrected chi connectivity index (χ1v) is 9.15. The Labute approximate surface area is 153 Å². The molecule has 0 spiro atoms. The van der Waals surface area contributed by atoms with E-state index >= 15 is 0 Å². The normalized spacial score (nSPS) is 10.5. The molecule has 0 saturated heterocycles. The van der Waals surface area contributed by atoms with E-state index < -0.39 is 0 Å². The third kappa shape index (κ3) is 3.97. The molecule has 4 heteroatoms. The van der Waals surface area contributed by atoms with E-state index in [0.717, 1.165) is 39.6 Å². The summed E-state index contributed by atoms with van der Waals surface area (Å²) in [6.07, 6.45) is 1.95. The molecule has 0 fully saturated rings. The average molecular weight is 351 g/mol. The fourth-order valence-corrected chi connectivity index (χ4v) is 3.32. The zero-order chi connectivity index (χ0) is 17.6. The monoisotopic (exact) mass is 351 g/mol. The molecular formula is C21H21NO2S. The lowest BCUT2D eigenvalue weighted by Crippen LogP contribution is -1.92. The summed E-state index contributed by atoms with van der Waals surface area (Å²) in [5.74, 6) is 2.71. The Morgan fingerprint density at radius 2 is 1.40 bits per heavy atom. The molecule has 1 heterocycles. The molecule has 0 unspecified atom stereocenters. The number of nitrogens with zero attached hydrogens (tertiary/aromatic N) is 1. The molecule has 0 aliphatic carbocycles. The molecule has 1 aromatic heterocycles. The van der Waals surface area contributed by atoms with E-state index in [1.54, 1.807) is 26.0 Å². The molecule has 0 bridgehead atoms. The highest BCUT2D eigenvalue weighted by Gasteiger charge is 2.11. The summed E-state index contributed by atoms with van der Waals surface area (Å²) in [5.41, 5.74) is 4.27. The van der Waals surface area contributed by atoms with Gasteiger partial charge >= 0.3 is 0 Å². The number of methoxy groups -OCH3 is 2. The zero-order valence-electron chi connectivity index (χ0n) is 14.7. The van der Waals surface area contributed by atoms with E-state index in [4.69, 9.17) is 14.5 Å². The molecule has 0 radical (unpaired) electrons. The maximum Gasteiger partial charge on any atom is 0.118 e. The van der Waals surface area contributed by atoms with Crippen LogP contribution in [0.1, 0.15) is 6.92 Å². The van der Waals surface area contributed by atoms with Crippen LogP contribution in [0.25, 0.3) is 22.4 Å². The number of hydrogen-bond donors (Lipinski definition) is 0. The quantitative estimate of drug-likeness (QED) is 0.545. The molecule has 0 amide bonds. The Morgan fingerprint density at radius 1 is 0.840 bits per heavy atom. The zero-order valence-corrected chi connectivity index (χ0v) is 15.5. The molecule has 0 aliphatic heterocycles. The first-order chi connectivity index (χ1) is 12.2. The van der Waals surface area contributed by atoms with Crippen molar-refractivity contribution >= 4 is 11.8 Å². The highest BCUT2D eigenvalue weighted by atomic mass is 32.2. The molecule has 0 aliphatic rings. The summed E-state index contributed by atoms with van der Waals surface area (Å²) in [5, 5.41) is 0. The van der Waals surface area contributed by atoms with Crippen molar-refractivity contribution in [2.24, 2.45) is 0 Å². The number of ether oxygens (including phenoxy) is 2. The molecule has 0 atom stereocenters. The fraction of sp³-hybridized carbons (Fsp3) is 0.190. The summed E-state index contributed by atoms with van der Waals surface area (Å²) < 4.78 is 10.5. The second kappa shape index (κ2) is 8.08. The van der Waals surface area contributed by atoms with Crippen molar-refractivity contribution < 1.29 is 9.47 Å². The molecule has 128 valence electrons. The van der Waals surface area contributed by atoms with Gasteiger partial charge in [0.25, 0.3) is 0 Å². The Morgan fingerprint density at radius 3 is 1.92 bits per heavy atom. The summed E-state index contributed by atoms with van der Waals surface area (Å²) in [6.45, 7) is 2.15. The minimum absolute atomic E-state index is 0.841. The summed E-state index contributed by atoms with van der Waals surface area (Å²) in [6, 6.07) is 18.3. The highest BCUT2D eigenvalue weighted by Crippen LogP contribution is 2.34. The van der Waals surface area contributed by atoms with Crippen molar-refractivity contribution in [2.75, 3.05) is 20.0 Å². The molecule has 3 nitrogen and oxygen atoms in total. The standard InChI is InChI=1S/C21H21NO2S/c1-4-25-19-13-20(15-5-9-17(23-2)10-6-15)21(22-14-19)16-7-11-18(24-3)12-8-16/h5-14H,4H2,1-3H3. The lowest BCUT2D eigenvalue weighted by atomic mass is 9.99. The minimum atomic E-state index is 0.841. The van der Waals surface area contributed by atoms with Gasteiger partial charge in [-0.15, -0.1) is 11.8 Å². The second-order valence-electron chi connectivity index (χ2n) is 5.46. The van der Waals surface area contributed by atoms with Crippen LogP contribution in [-0.4, -0.2) is 25.0 Å². The van der Waals surface area contributed by atoms with Crippen LogP contribution in [0.3, 0.4) is 0 Å². The molecule has 3 aromatic rings. The van der Waals surface area contributed by atoms with Crippen molar-refractivity contribution in [1.29, 1.82) is 0 Å². The smallest absolute Gasteiger partial charge is 0.118 e. The maximum absolute atomic E-state index is 5.27. The summed E-state index contributed by atoms with van der Waals surface area (Å²) in [4.78, 5) is 5.92. The van der Waals surface area contributed by atoms with Crippen LogP contribution in [0.4, 0.5) is 0 Å². The molecule has 2 aromatic carbocycles. The Kier molecular flexibility index (Phi) is 5.61. The third-order valence-corrected chi connectivity index (χ3v) is 4.78. The van der Waals surface area contributed by atoms with E-state index in [-0.39, 0.29) is 0 Å². The van der Waals surface area contributed by atoms with Gasteiger partial charge < -0.3 is 9.47 Å². The number of hydrogen-bond acceptors (Lipinski definition) is 4. The topological polar surface area (TPSA) is 31.4 Å². The summed E-state index contributed by atoms with van der Waals surface area (Å²) >= 11 is 1.79. The number of aromatic nitrogens is 1. The molecule has 0 saturated carbocycles. The Bertz CT molecular complexity index is 830. The lowest BCUT2D eigenvalue weighted by Gasteiger charge is -2.12. The average Bonchev–Trinajstić information content (AvgIpc) is 2.68. The van der Waals surface area contributed by atoms with Gasteiger partial charge in [-0.05, 0) is 53.8 Å². The van der Waals surface area contributed by atoms with Gasteiger partial charge in [0.1, 0.15) is 11.5 Å². The number of benzene rings is 2. The van der Waals surface area contributed by atoms with Crippen molar-refractivity contribution in [1.82, 2.24) is 4.98 Å². The SMILES string of the molecule is CCSc1cnc(-c2ccc(OC)cc2)c(-c2ccc(OC)cc2)c1. The van der Waals surface area contributed by atoms with Crippen molar-refractivity contribution in [2.45, 2.75) is 11.8 Å². The lowest BCUT2D eigenvalue weighted by molar-refractivity contribution is 0.414. The van der Waals surface area contributed by atoms with Crippen molar-refractivity contribution in [3.63, 3.8) is 0 Å². The van der Waals surface area contributed by atoms with E-state index in [0.29, 0.717) is 0 Å². The van der Waals surface area contributed by atoms with Crippen LogP contribution < -0.4 is 9.47 Å². The van der Waals surface area contributed by atoms with Crippen molar-refractivity contribution in [3.05, 3.63) is 60.8 Å². The number of rotatable bonds is 6. The molecular weight excluding hydrogens is 330 g/mol. The molecule has 3 rings (SSSR count). The van der Waals surface area contributed by atoms with Gasteiger partial charge in [-0.3, -0.25) is 4.98 Å². The summed E-state index contributed by atoms with van der Waals surface area (Å²) in [7, 11) is 3.35. The fourth-order valence-electron chi connectivity index (χ4n) is 2.66. The minimum Gasteiger partial charge on any atom is -0.497 e. The van der Waals surface area contributed by atoms with E-state index in [1.165, 1.54) is 4.90 Å². The van der Waals surface area contributed by atoms with Gasteiger partial charge in [-0.25, -0.2) is 0 Å². The predicted molar refractivity (Wildman–Crippen MR) is 105 cm³/mol. The van der Waals surface area contributed by atoms with Gasteiger partial charge in [-0.1, -0.05) is 19.1 Å². The Hall–Kier alpha value is -2.46. The van der Waals surface area contributed by atoms with Crippen LogP contribution in [0.15, 0.2) is 65.7 Å². The molecule has 25 heavy (non-hydrogen) atoms. The van der Waals surface area contributed by atoms with Crippen LogP contribution in [0.2, 0.25) is 0 Å². The van der Waals surface area contributed by atoms with E-state index in [1.807, 2.05) is 42.6 Å². The van der Waals surface area contributed by atoms with Crippen LogP contribution in [0.5, 0.6) is 11.5 Å². The largest absolute Gasteiger partial charge is 0.497 e. The van der Waals surface area contributed by atoms with Crippen LogP contribution in [0, 0.1) is 0 Å². The van der Waals surface area contributed by atoms with Crippen LogP contribution >= 0.6 is 11.8 Å². The first kappa shape index (κ1) is 17.4. The van der Waals surface area contributed by atoms with E-state index in [2.05, 4.69) is 25.1 Å². The second-order valence-corrected chi connectivity index (χ2v) is 6.79.